The molecule has 0 aromatic heterocycles. The van der Waals surface area contributed by atoms with Crippen LogP contribution in [0.25, 0.3) is 0 Å². The molecule has 0 aliphatic heterocycles. The highest BCUT2D eigenvalue weighted by molar-refractivity contribution is 5.77. The molecule has 1 aliphatic carbocycles. The fraction of sp³-hybridized carbons (Fsp3) is 0.391. The number of nitrogens with one attached hydrogen (secondary N) is 1. The minimum atomic E-state index is -0.241. The van der Waals surface area contributed by atoms with Gasteiger partial charge < -0.3 is 19.5 Å². The number of rotatable bonds is 8. The normalized spacial score (nSPS) is 13.9. The van der Waals surface area contributed by atoms with Gasteiger partial charge in [-0.15, -0.1) is 0 Å². The summed E-state index contributed by atoms with van der Waals surface area (Å²) in [4.78, 5) is 12.2. The lowest BCUT2D eigenvalue weighted by molar-refractivity contribution is -0.123. The average molecular weight is 394 g/mol. The number of benzene rings is 2. The van der Waals surface area contributed by atoms with Crippen molar-refractivity contribution in [3.05, 3.63) is 53.6 Å². The molecule has 0 atom stereocenters. The van der Waals surface area contributed by atoms with Crippen LogP contribution < -0.4 is 19.5 Å². The molecular weight excluding hydrogens is 368 g/mol. The van der Waals surface area contributed by atoms with E-state index in [1.165, 1.54) is 26.4 Å². The maximum atomic E-state index is 12.2. The van der Waals surface area contributed by atoms with Crippen LogP contribution in [0.2, 0.25) is 0 Å². The van der Waals surface area contributed by atoms with Crippen LogP contribution >= 0.6 is 0 Å². The van der Waals surface area contributed by atoms with Gasteiger partial charge in [0.15, 0.2) is 18.1 Å². The monoisotopic (exact) mass is 394 g/mol. The van der Waals surface area contributed by atoms with Gasteiger partial charge in [-0.2, -0.15) is 5.26 Å². The van der Waals surface area contributed by atoms with E-state index < -0.39 is 0 Å². The molecule has 0 unspecified atom stereocenters. The molecule has 6 nitrogen and oxygen atoms in total. The van der Waals surface area contributed by atoms with E-state index in [9.17, 15) is 4.79 Å². The molecule has 2 aromatic rings. The van der Waals surface area contributed by atoms with E-state index in [1.807, 2.05) is 30.3 Å². The molecule has 1 fully saturated rings. The molecule has 152 valence electrons. The van der Waals surface area contributed by atoms with E-state index in [0.717, 1.165) is 24.2 Å². The molecule has 0 spiro atoms. The number of hydrogen-bond donors (Lipinski definition) is 1. The van der Waals surface area contributed by atoms with Crippen LogP contribution in [0.5, 0.6) is 17.2 Å². The Labute approximate surface area is 171 Å². The largest absolute Gasteiger partial charge is 0.493 e. The number of methoxy groups -OCH3 is 1. The summed E-state index contributed by atoms with van der Waals surface area (Å²) in [5.41, 5.74) is 1.44. The molecule has 6 heteroatoms. The first-order valence-corrected chi connectivity index (χ1v) is 9.91. The molecule has 1 N–H and O–H groups in total. The number of hydrogen-bond acceptors (Lipinski definition) is 5. The molecule has 0 heterocycles. The van der Waals surface area contributed by atoms with Gasteiger partial charge in [0.05, 0.1) is 24.8 Å². The van der Waals surface area contributed by atoms with Crippen LogP contribution in [0.15, 0.2) is 42.5 Å². The van der Waals surface area contributed by atoms with E-state index in [2.05, 4.69) is 5.32 Å². The second-order valence-electron chi connectivity index (χ2n) is 7.07. The maximum absolute atomic E-state index is 12.2. The number of nitriles is 1. The van der Waals surface area contributed by atoms with Crippen molar-refractivity contribution in [1.29, 1.82) is 5.26 Å². The fourth-order valence-corrected chi connectivity index (χ4v) is 3.36. The second kappa shape index (κ2) is 10.4. The van der Waals surface area contributed by atoms with Crippen LogP contribution in [0, 0.1) is 11.3 Å². The Hall–Kier alpha value is -3.20. The Bertz CT molecular complexity index is 869. The minimum Gasteiger partial charge on any atom is -0.493 e. The molecule has 2 aromatic carbocycles. The second-order valence-corrected chi connectivity index (χ2v) is 7.07. The van der Waals surface area contributed by atoms with Gasteiger partial charge in [0.25, 0.3) is 5.91 Å². The Balaban J connectivity index is 1.48. The van der Waals surface area contributed by atoms with Crippen molar-refractivity contribution in [3.8, 4) is 23.3 Å². The zero-order valence-corrected chi connectivity index (χ0v) is 16.6. The van der Waals surface area contributed by atoms with E-state index in [0.29, 0.717) is 29.7 Å². The van der Waals surface area contributed by atoms with Crippen molar-refractivity contribution in [3.63, 3.8) is 0 Å². The SMILES string of the molecule is COc1cc(C#N)ccc1OCC(=O)NCc1cccc(OC2CCCCC2)c1. The zero-order chi connectivity index (χ0) is 20.5. The number of carbonyl (C=O) groups excluding carboxylic acids is 1. The average Bonchev–Trinajstić information content (AvgIpc) is 2.77. The highest BCUT2D eigenvalue weighted by Crippen LogP contribution is 2.27. The highest BCUT2D eigenvalue weighted by atomic mass is 16.5. The number of amides is 1. The molecule has 1 saturated carbocycles. The van der Waals surface area contributed by atoms with Crippen LogP contribution in [-0.4, -0.2) is 25.7 Å². The molecular formula is C23H26N2O4. The molecule has 29 heavy (non-hydrogen) atoms. The minimum absolute atomic E-state index is 0.138. The Morgan fingerprint density at radius 3 is 2.72 bits per heavy atom. The topological polar surface area (TPSA) is 80.6 Å². The first-order valence-electron chi connectivity index (χ1n) is 9.91. The Morgan fingerprint density at radius 2 is 1.97 bits per heavy atom. The van der Waals surface area contributed by atoms with E-state index in [-0.39, 0.29) is 12.5 Å². The van der Waals surface area contributed by atoms with E-state index in [4.69, 9.17) is 19.5 Å². The van der Waals surface area contributed by atoms with E-state index in [1.54, 1.807) is 18.2 Å². The predicted molar refractivity (Wildman–Crippen MR) is 109 cm³/mol. The lowest BCUT2D eigenvalue weighted by Crippen LogP contribution is -2.28. The van der Waals surface area contributed by atoms with Gasteiger partial charge in [-0.25, -0.2) is 0 Å². The van der Waals surface area contributed by atoms with Gasteiger partial charge >= 0.3 is 0 Å². The quantitative estimate of drug-likeness (QED) is 0.733. The summed E-state index contributed by atoms with van der Waals surface area (Å²) in [6.07, 6.45) is 6.26. The molecule has 1 aliphatic rings. The fourth-order valence-electron chi connectivity index (χ4n) is 3.36. The smallest absolute Gasteiger partial charge is 0.258 e. The van der Waals surface area contributed by atoms with Gasteiger partial charge in [0.2, 0.25) is 0 Å². The van der Waals surface area contributed by atoms with Gasteiger partial charge in [-0.1, -0.05) is 18.6 Å². The number of nitrogens with zero attached hydrogens (tertiary/aromatic N) is 1. The van der Waals surface area contributed by atoms with Gasteiger partial charge in [0, 0.05) is 12.6 Å². The van der Waals surface area contributed by atoms with Crippen molar-refractivity contribution >= 4 is 5.91 Å². The molecule has 0 saturated heterocycles. The van der Waals surface area contributed by atoms with Crippen molar-refractivity contribution in [1.82, 2.24) is 5.32 Å². The van der Waals surface area contributed by atoms with Crippen LogP contribution in [0.3, 0.4) is 0 Å². The Morgan fingerprint density at radius 1 is 1.14 bits per heavy atom. The third-order valence-electron chi connectivity index (χ3n) is 4.89. The van der Waals surface area contributed by atoms with Gasteiger partial charge in [0.1, 0.15) is 5.75 Å². The number of carbonyl (C=O) groups is 1. The maximum Gasteiger partial charge on any atom is 0.258 e. The summed E-state index contributed by atoms with van der Waals surface area (Å²) >= 11 is 0. The van der Waals surface area contributed by atoms with Crippen molar-refractivity contribution in [2.45, 2.75) is 44.8 Å². The third-order valence-corrected chi connectivity index (χ3v) is 4.89. The van der Waals surface area contributed by atoms with Crippen molar-refractivity contribution < 1.29 is 19.0 Å². The lowest BCUT2D eigenvalue weighted by Gasteiger charge is -2.23. The van der Waals surface area contributed by atoms with Crippen LogP contribution in [-0.2, 0) is 11.3 Å². The summed E-state index contributed by atoms with van der Waals surface area (Å²) in [5.74, 6) is 1.45. The molecule has 0 bridgehead atoms. The number of ether oxygens (including phenoxy) is 3. The first kappa shape index (κ1) is 20.5. The third kappa shape index (κ3) is 6.15. The van der Waals surface area contributed by atoms with Crippen LogP contribution in [0.1, 0.15) is 43.2 Å². The summed E-state index contributed by atoms with van der Waals surface area (Å²) in [6, 6.07) is 14.7. The molecule has 1 amide bonds. The van der Waals surface area contributed by atoms with E-state index >= 15 is 0 Å². The predicted octanol–water partition coefficient (Wildman–Crippen LogP) is 3.97. The molecule has 0 radical (unpaired) electrons. The standard InChI is InChI=1S/C23H26N2O4/c1-27-22-13-17(14-24)10-11-21(22)28-16-23(26)25-15-18-6-5-9-20(12-18)29-19-7-3-2-4-8-19/h5-6,9-13,19H,2-4,7-8,15-16H2,1H3,(H,25,26). The summed E-state index contributed by atoms with van der Waals surface area (Å²) in [5, 5.41) is 11.8. The molecule has 3 rings (SSSR count). The zero-order valence-electron chi connectivity index (χ0n) is 16.6. The Kier molecular flexibility index (Phi) is 7.34. The highest BCUT2D eigenvalue weighted by Gasteiger charge is 2.15. The first-order chi connectivity index (χ1) is 14.2. The van der Waals surface area contributed by atoms with Gasteiger partial charge in [-0.3, -0.25) is 4.79 Å². The van der Waals surface area contributed by atoms with Crippen molar-refractivity contribution in [2.75, 3.05) is 13.7 Å². The summed E-state index contributed by atoms with van der Waals surface area (Å²) in [7, 11) is 1.49. The van der Waals surface area contributed by atoms with Crippen molar-refractivity contribution in [2.24, 2.45) is 0 Å². The van der Waals surface area contributed by atoms with Crippen LogP contribution in [0.4, 0.5) is 0 Å². The lowest BCUT2D eigenvalue weighted by atomic mass is 9.98. The van der Waals surface area contributed by atoms with Gasteiger partial charge in [-0.05, 0) is 55.5 Å². The summed E-state index contributed by atoms with van der Waals surface area (Å²) in [6.45, 7) is 0.259. The summed E-state index contributed by atoms with van der Waals surface area (Å²) < 4.78 is 16.8.